The molecule has 60 valence electrons. The van der Waals surface area contributed by atoms with Crippen LogP contribution in [0.15, 0.2) is 24.4 Å². The molecule has 0 N–H and O–H groups in total. The maximum atomic E-state index is 4.09. The van der Waals surface area contributed by atoms with E-state index >= 15 is 0 Å². The molecule has 0 aromatic rings. The highest BCUT2D eigenvalue weighted by Crippen LogP contribution is 2.27. The van der Waals surface area contributed by atoms with E-state index < -0.39 is 0 Å². The average Bonchev–Trinajstić information content (AvgIpc) is 2.06. The number of fused-ring (bicyclic) bond motifs is 1. The smallest absolute Gasteiger partial charge is 0.0470 e. The number of rotatable bonds is 0. The molecule has 2 rings (SSSR count). The van der Waals surface area contributed by atoms with Crippen LogP contribution in [0.4, 0.5) is 0 Å². The summed E-state index contributed by atoms with van der Waals surface area (Å²) in [5.41, 5.74) is 1.35. The molecule has 1 atom stereocenters. The third-order valence-corrected chi connectivity index (χ3v) is 2.67. The van der Waals surface area contributed by atoms with Gasteiger partial charge in [0.15, 0.2) is 0 Å². The zero-order valence-electron chi connectivity index (χ0n) is 6.92. The Kier molecular flexibility index (Phi) is 1.72. The fourth-order valence-electron chi connectivity index (χ4n) is 2.04. The van der Waals surface area contributed by atoms with Crippen molar-refractivity contribution in [1.29, 1.82) is 0 Å². The van der Waals surface area contributed by atoms with Crippen LogP contribution < -0.4 is 0 Å². The van der Waals surface area contributed by atoms with Gasteiger partial charge in [0.2, 0.25) is 0 Å². The molecule has 0 aromatic heterocycles. The maximum absolute atomic E-state index is 4.09. The number of allylic oxidation sites excluding steroid dienone is 1. The lowest BCUT2D eigenvalue weighted by molar-refractivity contribution is 0.230. The van der Waals surface area contributed by atoms with Gasteiger partial charge in [0.25, 0.3) is 0 Å². The first-order chi connectivity index (χ1) is 5.38. The number of nitrogens with zero attached hydrogens (tertiary/aromatic N) is 1. The number of piperidine rings is 1. The van der Waals surface area contributed by atoms with Crippen molar-refractivity contribution in [3.05, 3.63) is 24.4 Å². The van der Waals surface area contributed by atoms with E-state index in [9.17, 15) is 0 Å². The Hall–Kier alpha value is -0.720. The van der Waals surface area contributed by atoms with E-state index in [1.54, 1.807) is 0 Å². The van der Waals surface area contributed by atoms with E-state index in [0.717, 1.165) is 0 Å². The van der Waals surface area contributed by atoms with Gasteiger partial charge in [0.1, 0.15) is 0 Å². The Morgan fingerprint density at radius 3 is 3.27 bits per heavy atom. The van der Waals surface area contributed by atoms with Gasteiger partial charge in [-0.3, -0.25) is 0 Å². The van der Waals surface area contributed by atoms with Gasteiger partial charge in [-0.15, -0.1) is 0 Å². The van der Waals surface area contributed by atoms with Crippen LogP contribution in [-0.4, -0.2) is 17.5 Å². The van der Waals surface area contributed by atoms with Crippen LogP contribution in [0.3, 0.4) is 0 Å². The van der Waals surface area contributed by atoms with Gasteiger partial charge >= 0.3 is 0 Å². The third-order valence-electron chi connectivity index (χ3n) is 2.67. The molecule has 2 aliphatic heterocycles. The highest BCUT2D eigenvalue weighted by atomic mass is 15.2. The standard InChI is InChI=1S/C10H15N/c1-9-5-4-7-10-6-2-3-8-11(9)10/h2,6,10H,1,3-5,7-8H2. The van der Waals surface area contributed by atoms with Gasteiger partial charge < -0.3 is 4.90 Å². The minimum absolute atomic E-state index is 0.685. The summed E-state index contributed by atoms with van der Waals surface area (Å²) in [6.45, 7) is 5.28. The van der Waals surface area contributed by atoms with Crippen molar-refractivity contribution >= 4 is 0 Å². The highest BCUT2D eigenvalue weighted by Gasteiger charge is 2.22. The topological polar surface area (TPSA) is 3.24 Å². The third kappa shape index (κ3) is 1.20. The molecule has 1 unspecified atom stereocenters. The molecule has 0 radical (unpaired) electrons. The molecule has 2 aliphatic rings. The predicted molar refractivity (Wildman–Crippen MR) is 47.2 cm³/mol. The monoisotopic (exact) mass is 149 g/mol. The first-order valence-corrected chi connectivity index (χ1v) is 4.49. The van der Waals surface area contributed by atoms with Crippen molar-refractivity contribution in [3.63, 3.8) is 0 Å². The van der Waals surface area contributed by atoms with E-state index in [4.69, 9.17) is 0 Å². The molecule has 1 fully saturated rings. The highest BCUT2D eigenvalue weighted by molar-refractivity contribution is 5.10. The zero-order chi connectivity index (χ0) is 7.68. The molecule has 0 aliphatic carbocycles. The van der Waals surface area contributed by atoms with Crippen LogP contribution in [0, 0.1) is 0 Å². The van der Waals surface area contributed by atoms with Gasteiger partial charge in [0.05, 0.1) is 0 Å². The van der Waals surface area contributed by atoms with Crippen molar-refractivity contribution in [1.82, 2.24) is 4.90 Å². The molecule has 1 heteroatoms. The Labute approximate surface area is 68.4 Å². The van der Waals surface area contributed by atoms with E-state index in [2.05, 4.69) is 23.6 Å². The molecule has 0 aromatic carbocycles. The van der Waals surface area contributed by atoms with Crippen molar-refractivity contribution in [2.75, 3.05) is 6.54 Å². The second-order valence-corrected chi connectivity index (χ2v) is 3.44. The normalized spacial score (nSPS) is 30.4. The number of hydrogen-bond donors (Lipinski definition) is 0. The second kappa shape index (κ2) is 2.72. The SMILES string of the molecule is C=C1CCCC2C=CCCN12. The number of hydrogen-bond acceptors (Lipinski definition) is 1. The van der Waals surface area contributed by atoms with E-state index in [-0.39, 0.29) is 0 Å². The Morgan fingerprint density at radius 1 is 1.55 bits per heavy atom. The second-order valence-electron chi connectivity index (χ2n) is 3.44. The largest absolute Gasteiger partial charge is 0.369 e. The predicted octanol–water partition coefficient (Wildman–Crippen LogP) is 2.31. The molecule has 1 nitrogen and oxygen atoms in total. The van der Waals surface area contributed by atoms with E-state index in [1.165, 1.54) is 37.9 Å². The van der Waals surface area contributed by atoms with Gasteiger partial charge in [-0.1, -0.05) is 18.7 Å². The lowest BCUT2D eigenvalue weighted by atomic mass is 9.96. The molecule has 2 heterocycles. The molecular weight excluding hydrogens is 134 g/mol. The first kappa shape index (κ1) is 6.96. The van der Waals surface area contributed by atoms with Gasteiger partial charge in [-0.25, -0.2) is 0 Å². The molecule has 1 saturated heterocycles. The van der Waals surface area contributed by atoms with Crippen molar-refractivity contribution in [2.24, 2.45) is 0 Å². The lowest BCUT2D eigenvalue weighted by Gasteiger charge is -2.39. The molecular formula is C10H15N. The molecule has 0 bridgehead atoms. The van der Waals surface area contributed by atoms with Crippen LogP contribution in [0.5, 0.6) is 0 Å². The molecule has 0 saturated carbocycles. The van der Waals surface area contributed by atoms with E-state index in [0.29, 0.717) is 6.04 Å². The van der Waals surface area contributed by atoms with Gasteiger partial charge in [-0.2, -0.15) is 0 Å². The van der Waals surface area contributed by atoms with Crippen LogP contribution in [-0.2, 0) is 0 Å². The average molecular weight is 149 g/mol. The Balaban J connectivity index is 2.15. The molecule has 11 heavy (non-hydrogen) atoms. The maximum Gasteiger partial charge on any atom is 0.0470 e. The fraction of sp³-hybridized carbons (Fsp3) is 0.600. The summed E-state index contributed by atoms with van der Waals surface area (Å²) in [7, 11) is 0. The molecule has 0 amide bonds. The summed E-state index contributed by atoms with van der Waals surface area (Å²) in [5, 5.41) is 0. The summed E-state index contributed by atoms with van der Waals surface area (Å²) in [4.78, 5) is 2.46. The summed E-state index contributed by atoms with van der Waals surface area (Å²) < 4.78 is 0. The van der Waals surface area contributed by atoms with Gasteiger partial charge in [-0.05, 0) is 25.7 Å². The Morgan fingerprint density at radius 2 is 2.45 bits per heavy atom. The minimum Gasteiger partial charge on any atom is -0.369 e. The quantitative estimate of drug-likeness (QED) is 0.478. The van der Waals surface area contributed by atoms with Crippen LogP contribution in [0.25, 0.3) is 0 Å². The summed E-state index contributed by atoms with van der Waals surface area (Å²) in [6.07, 6.45) is 9.72. The molecule has 0 spiro atoms. The van der Waals surface area contributed by atoms with Gasteiger partial charge in [0, 0.05) is 18.3 Å². The summed E-state index contributed by atoms with van der Waals surface area (Å²) in [5.74, 6) is 0. The van der Waals surface area contributed by atoms with E-state index in [1.807, 2.05) is 0 Å². The van der Waals surface area contributed by atoms with Crippen molar-refractivity contribution in [3.8, 4) is 0 Å². The van der Waals surface area contributed by atoms with Crippen LogP contribution >= 0.6 is 0 Å². The summed E-state index contributed by atoms with van der Waals surface area (Å²) in [6, 6.07) is 0.685. The van der Waals surface area contributed by atoms with Crippen molar-refractivity contribution in [2.45, 2.75) is 31.7 Å². The fourth-order valence-corrected chi connectivity index (χ4v) is 2.04. The van der Waals surface area contributed by atoms with Crippen LogP contribution in [0.1, 0.15) is 25.7 Å². The summed E-state index contributed by atoms with van der Waals surface area (Å²) >= 11 is 0. The first-order valence-electron chi connectivity index (χ1n) is 4.49. The minimum atomic E-state index is 0.685. The van der Waals surface area contributed by atoms with Crippen LogP contribution in [0.2, 0.25) is 0 Å². The Bertz CT molecular complexity index is 193. The zero-order valence-corrected chi connectivity index (χ0v) is 6.92. The van der Waals surface area contributed by atoms with Crippen molar-refractivity contribution < 1.29 is 0 Å². The lowest BCUT2D eigenvalue weighted by Crippen LogP contribution is -2.38.